The van der Waals surface area contributed by atoms with E-state index in [9.17, 15) is 0 Å². The minimum absolute atomic E-state index is 0. The van der Waals surface area contributed by atoms with Gasteiger partial charge in [0.25, 0.3) is 0 Å². The van der Waals surface area contributed by atoms with Crippen molar-refractivity contribution in [3.63, 3.8) is 0 Å². The fraction of sp³-hybridized carbons (Fsp3) is 0. The Balaban J connectivity index is 0.000000963. The number of imidazole rings is 1. The second kappa shape index (κ2) is 4.28. The molecule has 0 bridgehead atoms. The Bertz CT molecular complexity index is 591. The van der Waals surface area contributed by atoms with Crippen molar-refractivity contribution in [2.45, 2.75) is 0 Å². The maximum atomic E-state index is 4.38. The molecule has 16 heavy (non-hydrogen) atoms. The summed E-state index contributed by atoms with van der Waals surface area (Å²) in [7, 11) is 0. The summed E-state index contributed by atoms with van der Waals surface area (Å²) in [5, 5.41) is 0. The van der Waals surface area contributed by atoms with Crippen LogP contribution < -0.4 is 0 Å². The molecular formula is C11H9ClN4. The van der Waals surface area contributed by atoms with Crippen LogP contribution in [0.5, 0.6) is 0 Å². The van der Waals surface area contributed by atoms with Crippen molar-refractivity contribution in [1.82, 2.24) is 19.9 Å². The smallest absolute Gasteiger partial charge is 0.161 e. The van der Waals surface area contributed by atoms with Gasteiger partial charge >= 0.3 is 0 Å². The van der Waals surface area contributed by atoms with Gasteiger partial charge in [0.15, 0.2) is 11.5 Å². The predicted molar refractivity (Wildman–Crippen MR) is 64.4 cm³/mol. The fourth-order valence-electron chi connectivity index (χ4n) is 1.47. The summed E-state index contributed by atoms with van der Waals surface area (Å²) in [4.78, 5) is 15.7. The van der Waals surface area contributed by atoms with Gasteiger partial charge in [0.2, 0.25) is 0 Å². The van der Waals surface area contributed by atoms with Gasteiger partial charge in [0, 0.05) is 5.56 Å². The molecule has 0 unspecified atom stereocenters. The zero-order valence-electron chi connectivity index (χ0n) is 8.29. The number of H-pyrrole nitrogens is 1. The second-order valence-electron chi connectivity index (χ2n) is 3.20. The summed E-state index contributed by atoms with van der Waals surface area (Å²) < 4.78 is 0. The van der Waals surface area contributed by atoms with Gasteiger partial charge in [-0.15, -0.1) is 12.4 Å². The van der Waals surface area contributed by atoms with Gasteiger partial charge in [-0.05, 0) is 0 Å². The SMILES string of the molecule is Cl.c1ccc(-c2ncc3nc[nH]c3n2)cc1. The van der Waals surface area contributed by atoms with Crippen LogP contribution in [0.25, 0.3) is 22.6 Å². The third-order valence-electron chi connectivity index (χ3n) is 2.21. The molecule has 0 aliphatic carbocycles. The standard InChI is InChI=1S/C11H8N4.ClH/c1-2-4-8(5-3-1)10-12-6-9-11(15-10)14-7-13-9;/h1-7H,(H,12,13,14,15);1H. The Labute approximate surface area is 98.2 Å². The molecule has 1 aromatic carbocycles. The molecule has 4 nitrogen and oxygen atoms in total. The normalized spacial score (nSPS) is 10.0. The lowest BCUT2D eigenvalue weighted by atomic mass is 10.2. The van der Waals surface area contributed by atoms with E-state index in [0.29, 0.717) is 5.82 Å². The van der Waals surface area contributed by atoms with Crippen molar-refractivity contribution in [3.8, 4) is 11.4 Å². The van der Waals surface area contributed by atoms with E-state index in [4.69, 9.17) is 0 Å². The Morgan fingerprint density at radius 2 is 1.81 bits per heavy atom. The molecule has 0 saturated carbocycles. The van der Waals surface area contributed by atoms with Crippen LogP contribution in [-0.2, 0) is 0 Å². The molecule has 0 amide bonds. The lowest BCUT2D eigenvalue weighted by Gasteiger charge is -1.98. The zero-order chi connectivity index (χ0) is 10.1. The van der Waals surface area contributed by atoms with Crippen LogP contribution in [0.15, 0.2) is 42.9 Å². The summed E-state index contributed by atoms with van der Waals surface area (Å²) in [5.41, 5.74) is 2.56. The summed E-state index contributed by atoms with van der Waals surface area (Å²) in [5.74, 6) is 0.715. The van der Waals surface area contributed by atoms with Crippen LogP contribution in [0.4, 0.5) is 0 Å². The highest BCUT2D eigenvalue weighted by Crippen LogP contribution is 2.15. The number of halogens is 1. The number of nitrogens with zero attached hydrogens (tertiary/aromatic N) is 3. The van der Waals surface area contributed by atoms with Crippen molar-refractivity contribution >= 4 is 23.6 Å². The molecule has 0 aliphatic rings. The largest absolute Gasteiger partial charge is 0.329 e. The minimum Gasteiger partial charge on any atom is -0.329 e. The van der Waals surface area contributed by atoms with Crippen LogP contribution in [0.3, 0.4) is 0 Å². The Hall–Kier alpha value is -1.94. The highest BCUT2D eigenvalue weighted by atomic mass is 35.5. The Morgan fingerprint density at radius 1 is 1.00 bits per heavy atom. The number of aromatic amines is 1. The first-order valence-corrected chi connectivity index (χ1v) is 4.65. The highest BCUT2D eigenvalue weighted by Gasteiger charge is 2.02. The van der Waals surface area contributed by atoms with Gasteiger partial charge in [-0.3, -0.25) is 0 Å². The molecule has 80 valence electrons. The molecule has 3 aromatic rings. The third-order valence-corrected chi connectivity index (χ3v) is 2.21. The summed E-state index contributed by atoms with van der Waals surface area (Å²) in [6.07, 6.45) is 3.34. The molecule has 2 heterocycles. The summed E-state index contributed by atoms with van der Waals surface area (Å²) in [6.45, 7) is 0. The van der Waals surface area contributed by atoms with Crippen LogP contribution in [0.2, 0.25) is 0 Å². The number of aromatic nitrogens is 4. The van der Waals surface area contributed by atoms with Gasteiger partial charge in [-0.1, -0.05) is 30.3 Å². The first kappa shape index (κ1) is 10.6. The molecule has 0 aliphatic heterocycles. The number of nitrogens with one attached hydrogen (secondary N) is 1. The fourth-order valence-corrected chi connectivity index (χ4v) is 1.47. The van der Waals surface area contributed by atoms with Crippen molar-refractivity contribution in [3.05, 3.63) is 42.9 Å². The van der Waals surface area contributed by atoms with E-state index >= 15 is 0 Å². The topological polar surface area (TPSA) is 54.5 Å². The number of hydrogen-bond donors (Lipinski definition) is 1. The molecular weight excluding hydrogens is 224 g/mol. The van der Waals surface area contributed by atoms with Gasteiger partial charge < -0.3 is 4.98 Å². The lowest BCUT2D eigenvalue weighted by molar-refractivity contribution is 1.21. The van der Waals surface area contributed by atoms with Gasteiger partial charge in [0.05, 0.1) is 12.5 Å². The molecule has 0 atom stereocenters. The number of fused-ring (bicyclic) bond motifs is 1. The number of rotatable bonds is 1. The number of benzene rings is 1. The first-order valence-electron chi connectivity index (χ1n) is 4.65. The van der Waals surface area contributed by atoms with Crippen molar-refractivity contribution in [2.24, 2.45) is 0 Å². The maximum absolute atomic E-state index is 4.38. The van der Waals surface area contributed by atoms with Gasteiger partial charge in [-0.25, -0.2) is 15.0 Å². The number of hydrogen-bond acceptors (Lipinski definition) is 3. The van der Waals surface area contributed by atoms with Crippen molar-refractivity contribution in [1.29, 1.82) is 0 Å². The van der Waals surface area contributed by atoms with E-state index in [1.807, 2.05) is 30.3 Å². The van der Waals surface area contributed by atoms with E-state index in [-0.39, 0.29) is 12.4 Å². The average Bonchev–Trinajstić information content (AvgIpc) is 2.77. The monoisotopic (exact) mass is 232 g/mol. The molecule has 1 N–H and O–H groups in total. The summed E-state index contributed by atoms with van der Waals surface area (Å²) in [6, 6.07) is 9.87. The minimum atomic E-state index is 0. The molecule has 2 aromatic heterocycles. The van der Waals surface area contributed by atoms with E-state index in [2.05, 4.69) is 19.9 Å². The second-order valence-corrected chi connectivity index (χ2v) is 3.20. The van der Waals surface area contributed by atoms with Crippen LogP contribution in [-0.4, -0.2) is 19.9 Å². The molecule has 3 rings (SSSR count). The van der Waals surface area contributed by atoms with Crippen molar-refractivity contribution in [2.75, 3.05) is 0 Å². The summed E-state index contributed by atoms with van der Waals surface area (Å²) >= 11 is 0. The highest BCUT2D eigenvalue weighted by molar-refractivity contribution is 5.85. The quantitative estimate of drug-likeness (QED) is 0.701. The Kier molecular flexibility index (Phi) is 2.83. The van der Waals surface area contributed by atoms with E-state index < -0.39 is 0 Å². The maximum Gasteiger partial charge on any atom is 0.161 e. The van der Waals surface area contributed by atoms with Gasteiger partial charge in [0.1, 0.15) is 5.52 Å². The van der Waals surface area contributed by atoms with Gasteiger partial charge in [-0.2, -0.15) is 0 Å². The molecule has 0 saturated heterocycles. The molecule has 0 fully saturated rings. The molecule has 5 heteroatoms. The zero-order valence-corrected chi connectivity index (χ0v) is 9.11. The van der Waals surface area contributed by atoms with E-state index in [1.54, 1.807) is 12.5 Å². The van der Waals surface area contributed by atoms with Crippen molar-refractivity contribution < 1.29 is 0 Å². The molecule has 0 radical (unpaired) electrons. The molecule has 0 spiro atoms. The third kappa shape index (κ3) is 1.75. The van der Waals surface area contributed by atoms with Crippen LogP contribution in [0, 0.1) is 0 Å². The van der Waals surface area contributed by atoms with E-state index in [1.165, 1.54) is 0 Å². The average molecular weight is 233 g/mol. The lowest BCUT2D eigenvalue weighted by Crippen LogP contribution is -1.88. The predicted octanol–water partition coefficient (Wildman–Crippen LogP) is 2.44. The first-order chi connectivity index (χ1) is 7.43. The van der Waals surface area contributed by atoms with E-state index in [0.717, 1.165) is 16.7 Å². The van der Waals surface area contributed by atoms with Crippen LogP contribution in [0.1, 0.15) is 0 Å². The Morgan fingerprint density at radius 3 is 2.62 bits per heavy atom. The van der Waals surface area contributed by atoms with Crippen LogP contribution >= 0.6 is 12.4 Å².